The molecule has 3 rings (SSSR count). The van der Waals surface area contributed by atoms with Gasteiger partial charge in [-0.15, -0.1) is 11.3 Å². The topological polar surface area (TPSA) is 78.5 Å². The summed E-state index contributed by atoms with van der Waals surface area (Å²) in [5, 5.41) is -0.0894. The number of aryl methyl sites for hydroxylation is 2. The van der Waals surface area contributed by atoms with Crippen LogP contribution < -0.4 is 10.9 Å². The Morgan fingerprint density at radius 2 is 2.00 bits per heavy atom. The van der Waals surface area contributed by atoms with Gasteiger partial charge >= 0.3 is 0 Å². The Hall–Kier alpha value is -1.54. The van der Waals surface area contributed by atoms with Crippen LogP contribution in [0.25, 0.3) is 0 Å². The lowest BCUT2D eigenvalue weighted by molar-refractivity contribution is -0.122. The lowest BCUT2D eigenvalue weighted by atomic mass is 10.1. The van der Waals surface area contributed by atoms with Gasteiger partial charge in [-0.3, -0.25) is 25.2 Å². The summed E-state index contributed by atoms with van der Waals surface area (Å²) < 4.78 is 0. The summed E-state index contributed by atoms with van der Waals surface area (Å²) in [5.74, 6) is 0.0324. The van der Waals surface area contributed by atoms with Crippen LogP contribution in [0.5, 0.6) is 0 Å². The van der Waals surface area contributed by atoms with Crippen molar-refractivity contribution in [1.82, 2.24) is 15.8 Å². The maximum Gasteiger partial charge on any atom is 0.282 e. The molecule has 2 aliphatic rings. The van der Waals surface area contributed by atoms with Crippen molar-refractivity contribution in [3.05, 3.63) is 21.4 Å². The molecule has 1 saturated heterocycles. The highest BCUT2D eigenvalue weighted by Gasteiger charge is 2.23. The summed E-state index contributed by atoms with van der Waals surface area (Å²) in [4.78, 5) is 38.8. The molecule has 0 saturated carbocycles. The fraction of sp³-hybridized carbons (Fsp3) is 0.533. The molecule has 124 valence electrons. The molecule has 1 aliphatic carbocycles. The minimum absolute atomic E-state index is 0.0208. The highest BCUT2D eigenvalue weighted by molar-refractivity contribution is 8.13. The van der Waals surface area contributed by atoms with Crippen LogP contribution >= 0.6 is 23.1 Å². The maximum atomic E-state index is 12.2. The van der Waals surface area contributed by atoms with Crippen molar-refractivity contribution in [2.75, 3.05) is 18.8 Å². The number of rotatable bonds is 3. The number of hydrogen-bond donors (Lipinski definition) is 2. The van der Waals surface area contributed by atoms with Crippen LogP contribution in [0.4, 0.5) is 4.79 Å². The molecule has 1 fully saturated rings. The molecule has 0 atom stereocenters. The zero-order valence-corrected chi connectivity index (χ0v) is 14.4. The van der Waals surface area contributed by atoms with E-state index >= 15 is 0 Å². The monoisotopic (exact) mass is 353 g/mol. The van der Waals surface area contributed by atoms with Gasteiger partial charge in [-0.25, -0.2) is 0 Å². The van der Waals surface area contributed by atoms with Gasteiger partial charge in [0.05, 0.1) is 4.88 Å². The number of carbonyl (C=O) groups excluding carboxylic acids is 3. The molecule has 6 nitrogen and oxygen atoms in total. The minimum atomic E-state index is -0.382. The standard InChI is InChI=1S/C15H19N3O3S2/c19-13(9-18-6-7-22-15(18)21)16-17-14(20)12-8-10-4-2-1-3-5-11(10)23-12/h8H,1-7,9H2,(H,16,19)(H,17,20). The molecule has 8 heteroatoms. The number of hydrogen-bond acceptors (Lipinski definition) is 5. The summed E-state index contributed by atoms with van der Waals surface area (Å²) in [6.07, 6.45) is 5.65. The van der Waals surface area contributed by atoms with Crippen LogP contribution in [-0.4, -0.2) is 40.8 Å². The minimum Gasteiger partial charge on any atom is -0.323 e. The van der Waals surface area contributed by atoms with E-state index in [9.17, 15) is 14.4 Å². The third-order valence-corrected chi connectivity index (χ3v) is 6.09. The van der Waals surface area contributed by atoms with Crippen LogP contribution in [0.3, 0.4) is 0 Å². The van der Waals surface area contributed by atoms with Gasteiger partial charge in [0, 0.05) is 17.2 Å². The van der Waals surface area contributed by atoms with E-state index < -0.39 is 0 Å². The van der Waals surface area contributed by atoms with E-state index in [1.807, 2.05) is 6.07 Å². The maximum absolute atomic E-state index is 12.2. The molecule has 23 heavy (non-hydrogen) atoms. The van der Waals surface area contributed by atoms with Gasteiger partial charge in [-0.1, -0.05) is 18.2 Å². The molecule has 1 aliphatic heterocycles. The van der Waals surface area contributed by atoms with Crippen LogP contribution in [0, 0.1) is 0 Å². The molecular weight excluding hydrogens is 334 g/mol. The lowest BCUT2D eigenvalue weighted by Gasteiger charge is -2.14. The van der Waals surface area contributed by atoms with Crippen molar-refractivity contribution in [2.24, 2.45) is 0 Å². The Labute approximate surface area is 143 Å². The lowest BCUT2D eigenvalue weighted by Crippen LogP contribution is -2.46. The largest absolute Gasteiger partial charge is 0.323 e. The summed E-state index contributed by atoms with van der Waals surface area (Å²) in [5.41, 5.74) is 6.09. The second-order valence-electron chi connectivity index (χ2n) is 5.66. The quantitative estimate of drug-likeness (QED) is 0.643. The predicted octanol–water partition coefficient (Wildman–Crippen LogP) is 1.95. The van der Waals surface area contributed by atoms with Gasteiger partial charge in [0.15, 0.2) is 0 Å². The van der Waals surface area contributed by atoms with Gasteiger partial charge in [-0.05, 0) is 37.3 Å². The average Bonchev–Trinajstić information content (AvgIpc) is 3.06. The third-order valence-electron chi connectivity index (χ3n) is 3.97. The average molecular weight is 353 g/mol. The van der Waals surface area contributed by atoms with E-state index in [1.54, 1.807) is 0 Å². The van der Waals surface area contributed by atoms with Crippen molar-refractivity contribution in [2.45, 2.75) is 32.1 Å². The van der Waals surface area contributed by atoms with Crippen molar-refractivity contribution in [1.29, 1.82) is 0 Å². The number of nitrogens with one attached hydrogen (secondary N) is 2. The Morgan fingerprint density at radius 3 is 2.78 bits per heavy atom. The van der Waals surface area contributed by atoms with Crippen molar-refractivity contribution in [3.63, 3.8) is 0 Å². The van der Waals surface area contributed by atoms with Gasteiger partial charge in [0.2, 0.25) is 0 Å². The summed E-state index contributed by atoms with van der Waals surface area (Å²) in [6.45, 7) is 0.551. The third kappa shape index (κ3) is 4.06. The highest BCUT2D eigenvalue weighted by Crippen LogP contribution is 2.28. The van der Waals surface area contributed by atoms with Crippen LogP contribution in [0.1, 0.15) is 39.4 Å². The number of thioether (sulfide) groups is 1. The molecule has 1 aromatic rings. The molecule has 2 heterocycles. The van der Waals surface area contributed by atoms with E-state index in [0.717, 1.165) is 12.8 Å². The molecular formula is C15H19N3O3S2. The molecule has 0 bridgehead atoms. The zero-order chi connectivity index (χ0) is 16.2. The molecule has 1 aromatic heterocycles. The summed E-state index contributed by atoms with van der Waals surface area (Å²) in [6, 6.07) is 1.94. The molecule has 0 radical (unpaired) electrons. The van der Waals surface area contributed by atoms with E-state index in [2.05, 4.69) is 10.9 Å². The Bertz CT molecular complexity index is 606. The van der Waals surface area contributed by atoms with E-state index in [0.29, 0.717) is 17.2 Å². The van der Waals surface area contributed by atoms with Gasteiger partial charge in [0.1, 0.15) is 6.54 Å². The van der Waals surface area contributed by atoms with Crippen molar-refractivity contribution in [3.8, 4) is 0 Å². The van der Waals surface area contributed by atoms with E-state index in [-0.39, 0.29) is 23.6 Å². The molecule has 0 unspecified atom stereocenters. The Balaban J connectivity index is 1.51. The van der Waals surface area contributed by atoms with Gasteiger partial charge in [0.25, 0.3) is 17.1 Å². The first-order valence-corrected chi connectivity index (χ1v) is 9.56. The Kier molecular flexibility index (Phi) is 5.22. The van der Waals surface area contributed by atoms with Crippen molar-refractivity contribution < 1.29 is 14.4 Å². The second kappa shape index (κ2) is 7.35. The number of fused-ring (bicyclic) bond motifs is 1. The predicted molar refractivity (Wildman–Crippen MR) is 90.6 cm³/mol. The number of amides is 3. The molecule has 3 amide bonds. The number of nitrogens with zero attached hydrogens (tertiary/aromatic N) is 1. The first-order chi connectivity index (χ1) is 11.1. The number of hydrazine groups is 1. The van der Waals surface area contributed by atoms with Crippen molar-refractivity contribution >= 4 is 40.2 Å². The first kappa shape index (κ1) is 16.3. The summed E-state index contributed by atoms with van der Waals surface area (Å²) >= 11 is 2.72. The highest BCUT2D eigenvalue weighted by atomic mass is 32.2. The smallest absolute Gasteiger partial charge is 0.282 e. The van der Waals surface area contributed by atoms with Crippen LogP contribution in [-0.2, 0) is 17.6 Å². The molecule has 0 spiro atoms. The number of thiophene rings is 1. The number of carbonyl (C=O) groups is 3. The van der Waals surface area contributed by atoms with E-state index in [1.165, 1.54) is 57.7 Å². The zero-order valence-electron chi connectivity index (χ0n) is 12.7. The first-order valence-electron chi connectivity index (χ1n) is 7.76. The Morgan fingerprint density at radius 1 is 1.17 bits per heavy atom. The SMILES string of the molecule is O=C(CN1CCSC1=O)NNC(=O)c1cc2c(s1)CCCCC2. The fourth-order valence-electron chi connectivity index (χ4n) is 2.75. The van der Waals surface area contributed by atoms with Crippen LogP contribution in [0.15, 0.2) is 6.07 Å². The van der Waals surface area contributed by atoms with Crippen LogP contribution in [0.2, 0.25) is 0 Å². The molecule has 0 aromatic carbocycles. The van der Waals surface area contributed by atoms with Gasteiger partial charge in [-0.2, -0.15) is 0 Å². The second-order valence-corrected chi connectivity index (χ2v) is 7.84. The summed E-state index contributed by atoms with van der Waals surface area (Å²) in [7, 11) is 0. The van der Waals surface area contributed by atoms with E-state index in [4.69, 9.17) is 0 Å². The normalized spacial score (nSPS) is 17.6. The fourth-order valence-corrected chi connectivity index (χ4v) is 4.72. The van der Waals surface area contributed by atoms with Gasteiger partial charge < -0.3 is 4.90 Å². The molecule has 2 N–H and O–H groups in total.